The van der Waals surface area contributed by atoms with Gasteiger partial charge in [0.1, 0.15) is 25.4 Å². The molecule has 0 spiro atoms. The molecular formula is C21H17NO6. The number of rotatable bonds is 8. The zero-order valence-corrected chi connectivity index (χ0v) is 14.9. The molecule has 2 aromatic carbocycles. The van der Waals surface area contributed by atoms with Crippen LogP contribution in [0.5, 0.6) is 5.75 Å². The molecule has 0 heterocycles. The number of carbonyl (C=O) groups excluding carboxylic acids is 3. The first kappa shape index (κ1) is 20.4. The molecular weight excluding hydrogens is 362 g/mol. The van der Waals surface area contributed by atoms with E-state index in [0.29, 0.717) is 5.56 Å². The molecule has 2 rings (SSSR count). The van der Waals surface area contributed by atoms with Gasteiger partial charge in [0.15, 0.2) is 0 Å². The number of nitriles is 1. The molecule has 0 saturated heterocycles. The number of esters is 3. The highest BCUT2D eigenvalue weighted by molar-refractivity contribution is 5.92. The highest BCUT2D eigenvalue weighted by Gasteiger charge is 2.13. The molecule has 2 aromatic rings. The second kappa shape index (κ2) is 10.3. The van der Waals surface area contributed by atoms with Crippen LogP contribution >= 0.6 is 0 Å². The zero-order chi connectivity index (χ0) is 20.4. The van der Waals surface area contributed by atoms with Crippen molar-refractivity contribution in [2.75, 3.05) is 13.2 Å². The van der Waals surface area contributed by atoms with Crippen molar-refractivity contribution in [1.29, 1.82) is 5.26 Å². The van der Waals surface area contributed by atoms with Gasteiger partial charge in [0, 0.05) is 6.08 Å². The SMILES string of the molecule is C=CC(=O)OCCOC(=O)CC(=O)Oc1ccc(-c2ccc(C#N)cc2)cc1. The number of ether oxygens (including phenoxy) is 3. The molecule has 28 heavy (non-hydrogen) atoms. The van der Waals surface area contributed by atoms with Gasteiger partial charge in [-0.05, 0) is 35.4 Å². The van der Waals surface area contributed by atoms with Crippen molar-refractivity contribution in [1.82, 2.24) is 0 Å². The summed E-state index contributed by atoms with van der Waals surface area (Å²) in [5.74, 6) is -1.89. The van der Waals surface area contributed by atoms with Crippen LogP contribution in [0, 0.1) is 11.3 Å². The van der Waals surface area contributed by atoms with Crippen LogP contribution in [-0.2, 0) is 23.9 Å². The van der Waals surface area contributed by atoms with Gasteiger partial charge in [-0.15, -0.1) is 0 Å². The van der Waals surface area contributed by atoms with Crippen LogP contribution in [0.4, 0.5) is 0 Å². The molecule has 0 atom stereocenters. The van der Waals surface area contributed by atoms with E-state index in [4.69, 9.17) is 14.7 Å². The highest BCUT2D eigenvalue weighted by atomic mass is 16.6. The first-order valence-electron chi connectivity index (χ1n) is 8.28. The third-order valence-electron chi connectivity index (χ3n) is 3.48. The summed E-state index contributed by atoms with van der Waals surface area (Å²) in [6, 6.07) is 15.9. The van der Waals surface area contributed by atoms with E-state index in [1.165, 1.54) is 0 Å². The molecule has 7 nitrogen and oxygen atoms in total. The van der Waals surface area contributed by atoms with Gasteiger partial charge in [-0.25, -0.2) is 4.79 Å². The maximum atomic E-state index is 11.8. The molecule has 7 heteroatoms. The number of nitrogens with zero attached hydrogens (tertiary/aromatic N) is 1. The average Bonchev–Trinajstić information content (AvgIpc) is 2.71. The Morgan fingerprint density at radius 2 is 1.46 bits per heavy atom. The summed E-state index contributed by atoms with van der Waals surface area (Å²) >= 11 is 0. The van der Waals surface area contributed by atoms with E-state index in [1.807, 2.05) is 12.1 Å². The number of hydrogen-bond donors (Lipinski definition) is 0. The summed E-state index contributed by atoms with van der Waals surface area (Å²) in [5.41, 5.74) is 2.37. The smallest absolute Gasteiger partial charge is 0.330 e. The lowest BCUT2D eigenvalue weighted by atomic mass is 10.0. The molecule has 0 fully saturated rings. The Balaban J connectivity index is 1.80. The van der Waals surface area contributed by atoms with Crippen LogP contribution in [0.2, 0.25) is 0 Å². The van der Waals surface area contributed by atoms with Gasteiger partial charge in [-0.3, -0.25) is 9.59 Å². The molecule has 0 amide bonds. The maximum Gasteiger partial charge on any atom is 0.330 e. The summed E-state index contributed by atoms with van der Waals surface area (Å²) in [4.78, 5) is 34.1. The van der Waals surface area contributed by atoms with Gasteiger partial charge in [0.05, 0.1) is 11.6 Å². The van der Waals surface area contributed by atoms with Crippen molar-refractivity contribution >= 4 is 17.9 Å². The second-order valence-electron chi connectivity index (χ2n) is 5.46. The van der Waals surface area contributed by atoms with E-state index in [0.717, 1.165) is 17.2 Å². The lowest BCUT2D eigenvalue weighted by Crippen LogP contribution is -2.18. The van der Waals surface area contributed by atoms with E-state index in [2.05, 4.69) is 17.4 Å². The van der Waals surface area contributed by atoms with E-state index in [9.17, 15) is 14.4 Å². The first-order valence-corrected chi connectivity index (χ1v) is 8.28. The van der Waals surface area contributed by atoms with Crippen molar-refractivity contribution in [3.63, 3.8) is 0 Å². The third kappa shape index (κ3) is 6.42. The largest absolute Gasteiger partial charge is 0.462 e. The van der Waals surface area contributed by atoms with Crippen LogP contribution in [0.15, 0.2) is 61.2 Å². The predicted molar refractivity (Wildman–Crippen MR) is 99.0 cm³/mol. The summed E-state index contributed by atoms with van der Waals surface area (Å²) in [6.07, 6.45) is 0.429. The van der Waals surface area contributed by atoms with E-state index < -0.39 is 24.3 Å². The van der Waals surface area contributed by atoms with Crippen molar-refractivity contribution in [2.24, 2.45) is 0 Å². The van der Waals surface area contributed by atoms with Crippen LogP contribution in [-0.4, -0.2) is 31.1 Å². The second-order valence-corrected chi connectivity index (χ2v) is 5.46. The van der Waals surface area contributed by atoms with Gasteiger partial charge in [0.25, 0.3) is 0 Å². The van der Waals surface area contributed by atoms with Crippen molar-refractivity contribution < 1.29 is 28.6 Å². The Morgan fingerprint density at radius 3 is 2.04 bits per heavy atom. The minimum absolute atomic E-state index is 0.123. The first-order chi connectivity index (χ1) is 13.5. The summed E-state index contributed by atoms with van der Waals surface area (Å²) < 4.78 is 14.5. The third-order valence-corrected chi connectivity index (χ3v) is 3.48. The Kier molecular flexibility index (Phi) is 7.49. The van der Waals surface area contributed by atoms with Gasteiger partial charge in [-0.1, -0.05) is 30.8 Å². The van der Waals surface area contributed by atoms with Gasteiger partial charge in [0.2, 0.25) is 0 Å². The molecule has 0 N–H and O–H groups in total. The zero-order valence-electron chi connectivity index (χ0n) is 14.9. The molecule has 0 saturated carbocycles. The van der Waals surface area contributed by atoms with Crippen LogP contribution in [0.1, 0.15) is 12.0 Å². The lowest BCUT2D eigenvalue weighted by molar-refractivity contribution is -0.154. The highest BCUT2D eigenvalue weighted by Crippen LogP contribution is 2.23. The van der Waals surface area contributed by atoms with Crippen LogP contribution in [0.3, 0.4) is 0 Å². The Morgan fingerprint density at radius 1 is 0.893 bits per heavy atom. The lowest BCUT2D eigenvalue weighted by Gasteiger charge is -2.07. The predicted octanol–water partition coefficient (Wildman–Crippen LogP) is 2.79. The van der Waals surface area contributed by atoms with Crippen molar-refractivity contribution in [2.45, 2.75) is 6.42 Å². The van der Waals surface area contributed by atoms with E-state index >= 15 is 0 Å². The van der Waals surface area contributed by atoms with Crippen LogP contribution in [0.25, 0.3) is 11.1 Å². The summed E-state index contributed by atoms with van der Waals surface area (Å²) in [7, 11) is 0. The topological polar surface area (TPSA) is 103 Å². The van der Waals surface area contributed by atoms with Gasteiger partial charge >= 0.3 is 17.9 Å². The molecule has 142 valence electrons. The van der Waals surface area contributed by atoms with Gasteiger partial charge in [-0.2, -0.15) is 5.26 Å². The molecule has 0 aliphatic heterocycles. The molecule has 0 aliphatic rings. The Labute approximate surface area is 161 Å². The number of carbonyl (C=O) groups is 3. The molecule has 0 radical (unpaired) electrons. The van der Waals surface area contributed by atoms with Gasteiger partial charge < -0.3 is 14.2 Å². The Hall–Kier alpha value is -3.92. The normalized spacial score (nSPS) is 9.68. The van der Waals surface area contributed by atoms with Crippen molar-refractivity contribution in [3.8, 4) is 22.9 Å². The summed E-state index contributed by atoms with van der Waals surface area (Å²) in [6.45, 7) is 2.94. The number of hydrogen-bond acceptors (Lipinski definition) is 7. The minimum Gasteiger partial charge on any atom is -0.462 e. The van der Waals surface area contributed by atoms with Crippen molar-refractivity contribution in [3.05, 3.63) is 66.7 Å². The van der Waals surface area contributed by atoms with Crippen LogP contribution < -0.4 is 4.74 Å². The maximum absolute atomic E-state index is 11.8. The fourth-order valence-corrected chi connectivity index (χ4v) is 2.15. The molecule has 0 bridgehead atoms. The van der Waals surface area contributed by atoms with E-state index in [-0.39, 0.29) is 19.0 Å². The number of benzene rings is 2. The average molecular weight is 379 g/mol. The minimum atomic E-state index is -0.783. The fraction of sp³-hybridized carbons (Fsp3) is 0.143. The quantitative estimate of drug-likeness (QED) is 0.228. The molecule has 0 aliphatic carbocycles. The molecule has 0 unspecified atom stereocenters. The van der Waals surface area contributed by atoms with E-state index in [1.54, 1.807) is 36.4 Å². The monoisotopic (exact) mass is 379 g/mol. The summed E-state index contributed by atoms with van der Waals surface area (Å²) in [5, 5.41) is 8.82. The molecule has 0 aromatic heterocycles. The Bertz CT molecular complexity index is 894. The fourth-order valence-electron chi connectivity index (χ4n) is 2.15. The standard InChI is InChI=1S/C21H17NO6/c1-2-19(23)26-11-12-27-20(24)13-21(25)28-18-9-7-17(8-10-18)16-5-3-15(14-22)4-6-16/h2-10H,1,11-13H2.